The first kappa shape index (κ1) is 23.6. The molecular weight excluding hydrogens is 454 g/mol. The lowest BCUT2D eigenvalue weighted by molar-refractivity contribution is -0.384. The van der Waals surface area contributed by atoms with Gasteiger partial charge in [-0.05, 0) is 67.1 Å². The third-order valence-electron chi connectivity index (χ3n) is 4.58. The van der Waals surface area contributed by atoms with Gasteiger partial charge in [-0.15, -0.1) is 0 Å². The Bertz CT molecular complexity index is 1090. The van der Waals surface area contributed by atoms with Gasteiger partial charge in [-0.3, -0.25) is 24.8 Å². The number of carbonyl (C=O) groups is 1. The highest BCUT2D eigenvalue weighted by Gasteiger charge is 2.32. The molecule has 2 aromatic rings. The Hall–Kier alpha value is -3.04. The monoisotopic (exact) mass is 475 g/mol. The quantitative estimate of drug-likeness (QED) is 0.298. The molecular formula is C22H22ClN3O5S. The van der Waals surface area contributed by atoms with Gasteiger partial charge < -0.3 is 9.47 Å². The number of nitro benzene ring substituents is 1. The van der Waals surface area contributed by atoms with Crippen LogP contribution in [0.4, 0.5) is 5.69 Å². The summed E-state index contributed by atoms with van der Waals surface area (Å²) in [4.78, 5) is 29.6. The van der Waals surface area contributed by atoms with Crippen molar-refractivity contribution in [3.8, 4) is 11.5 Å². The average Bonchev–Trinajstić information content (AvgIpc) is 3.07. The molecule has 0 aromatic heterocycles. The van der Waals surface area contributed by atoms with Gasteiger partial charge in [0.2, 0.25) is 0 Å². The summed E-state index contributed by atoms with van der Waals surface area (Å²) >= 11 is 7.78. The molecule has 1 aliphatic heterocycles. The van der Waals surface area contributed by atoms with E-state index in [1.165, 1.54) is 31.0 Å². The van der Waals surface area contributed by atoms with Crippen molar-refractivity contribution >= 4 is 46.2 Å². The first-order valence-corrected chi connectivity index (χ1v) is 11.1. The van der Waals surface area contributed by atoms with Crippen molar-refractivity contribution < 1.29 is 19.2 Å². The van der Waals surface area contributed by atoms with Gasteiger partial charge in [0.25, 0.3) is 11.6 Å². The van der Waals surface area contributed by atoms with Crippen molar-refractivity contribution in [2.75, 3.05) is 20.2 Å². The number of rotatable bonds is 8. The molecule has 0 radical (unpaired) electrons. The van der Waals surface area contributed by atoms with Gasteiger partial charge in [0, 0.05) is 25.2 Å². The maximum atomic E-state index is 12.7. The Morgan fingerprint density at radius 1 is 1.25 bits per heavy atom. The molecule has 168 valence electrons. The zero-order valence-corrected chi connectivity index (χ0v) is 19.4. The highest BCUT2D eigenvalue weighted by atomic mass is 35.5. The van der Waals surface area contributed by atoms with Crippen molar-refractivity contribution in [1.82, 2.24) is 4.90 Å². The molecule has 0 saturated carbocycles. The minimum atomic E-state index is -0.456. The maximum Gasteiger partial charge on any atom is 0.269 e. The lowest BCUT2D eigenvalue weighted by Crippen LogP contribution is -2.28. The van der Waals surface area contributed by atoms with Crippen molar-refractivity contribution in [3.05, 3.63) is 67.6 Å². The molecule has 0 bridgehead atoms. The molecule has 1 amide bonds. The Morgan fingerprint density at radius 2 is 1.97 bits per heavy atom. The number of hydrogen-bond donors (Lipinski definition) is 0. The molecule has 10 heteroatoms. The summed E-state index contributed by atoms with van der Waals surface area (Å²) in [6.45, 7) is 5.13. The lowest BCUT2D eigenvalue weighted by Gasteiger charge is -2.13. The Morgan fingerprint density at radius 3 is 2.56 bits per heavy atom. The van der Waals surface area contributed by atoms with Crippen molar-refractivity contribution in [2.24, 2.45) is 4.99 Å². The van der Waals surface area contributed by atoms with Crippen molar-refractivity contribution in [3.63, 3.8) is 0 Å². The van der Waals surface area contributed by atoms with Gasteiger partial charge in [-0.25, -0.2) is 0 Å². The number of benzene rings is 2. The number of hydrogen-bond acceptors (Lipinski definition) is 7. The third kappa shape index (κ3) is 5.23. The van der Waals surface area contributed by atoms with Crippen LogP contribution in [0, 0.1) is 10.1 Å². The summed E-state index contributed by atoms with van der Waals surface area (Å²) < 4.78 is 11.3. The highest BCUT2D eigenvalue weighted by Crippen LogP contribution is 2.39. The molecule has 0 N–H and O–H groups in total. The number of thioether (sulfide) groups is 1. The number of likely N-dealkylation sites (N-methyl/N-ethyl adjacent to an activating group) is 1. The van der Waals surface area contributed by atoms with Crippen LogP contribution in [0.25, 0.3) is 6.08 Å². The molecule has 2 aromatic carbocycles. The third-order valence-corrected chi connectivity index (χ3v) is 5.90. The summed E-state index contributed by atoms with van der Waals surface area (Å²) in [6.07, 6.45) is 1.75. The number of non-ortho nitro benzene ring substituents is 1. The molecule has 0 atom stereocenters. The number of aliphatic imine (C=N–C) groups is 1. The number of nitrogens with zero attached hydrogens (tertiary/aromatic N) is 3. The maximum absolute atomic E-state index is 12.7. The highest BCUT2D eigenvalue weighted by molar-refractivity contribution is 8.18. The Balaban J connectivity index is 1.82. The average molecular weight is 476 g/mol. The zero-order valence-electron chi connectivity index (χ0n) is 17.8. The normalized spacial score (nSPS) is 16.1. The van der Waals surface area contributed by atoms with Crippen LogP contribution in [0.15, 0.2) is 46.3 Å². The molecule has 32 heavy (non-hydrogen) atoms. The van der Waals surface area contributed by atoms with E-state index in [0.717, 1.165) is 5.56 Å². The first-order valence-electron chi connectivity index (χ1n) is 9.87. The van der Waals surface area contributed by atoms with E-state index < -0.39 is 4.92 Å². The van der Waals surface area contributed by atoms with Crippen molar-refractivity contribution in [1.29, 1.82) is 0 Å². The summed E-state index contributed by atoms with van der Waals surface area (Å²) in [5.74, 6) is 0.665. The van der Waals surface area contributed by atoms with Crippen LogP contribution in [-0.2, 0) is 11.4 Å². The Labute approximate surface area is 195 Å². The molecule has 0 spiro atoms. The van der Waals surface area contributed by atoms with E-state index in [-0.39, 0.29) is 18.2 Å². The first-order chi connectivity index (χ1) is 15.4. The number of ether oxygens (including phenoxy) is 2. The van der Waals surface area contributed by atoms with Gasteiger partial charge in [0.05, 0.1) is 22.0 Å². The smallest absolute Gasteiger partial charge is 0.269 e. The van der Waals surface area contributed by atoms with E-state index in [1.807, 2.05) is 13.8 Å². The van der Waals surface area contributed by atoms with Gasteiger partial charge in [-0.2, -0.15) is 0 Å². The minimum absolute atomic E-state index is 0.00913. The van der Waals surface area contributed by atoms with E-state index in [0.29, 0.717) is 45.2 Å². The van der Waals surface area contributed by atoms with Crippen LogP contribution in [0.1, 0.15) is 25.0 Å². The molecule has 0 unspecified atom stereocenters. The van der Waals surface area contributed by atoms with Crippen molar-refractivity contribution in [2.45, 2.75) is 20.5 Å². The SMILES string of the molecule is CCN=C1S/C(=C/c2cc(Cl)c(OCc3ccc([N+](=O)[O-])cc3)c(OC)c2)C(=O)N1CC. The van der Waals surface area contributed by atoms with Gasteiger partial charge in [-0.1, -0.05) is 11.6 Å². The molecule has 1 heterocycles. The number of halogens is 1. The minimum Gasteiger partial charge on any atom is -0.493 e. The molecule has 8 nitrogen and oxygen atoms in total. The van der Waals surface area contributed by atoms with Crippen LogP contribution in [0.2, 0.25) is 5.02 Å². The van der Waals surface area contributed by atoms with E-state index in [2.05, 4.69) is 4.99 Å². The van der Waals surface area contributed by atoms with Gasteiger partial charge in [0.15, 0.2) is 16.7 Å². The molecule has 1 fully saturated rings. The molecule has 1 aliphatic rings. The summed E-state index contributed by atoms with van der Waals surface area (Å²) in [7, 11) is 1.50. The van der Waals surface area contributed by atoms with E-state index in [9.17, 15) is 14.9 Å². The number of nitro groups is 1. The second-order valence-corrected chi connectivity index (χ2v) is 8.08. The fraction of sp³-hybridized carbons (Fsp3) is 0.273. The van der Waals surface area contributed by atoms with Crippen LogP contribution in [0.3, 0.4) is 0 Å². The topological polar surface area (TPSA) is 94.3 Å². The van der Waals surface area contributed by atoms with E-state index in [4.69, 9.17) is 21.1 Å². The Kier molecular flexibility index (Phi) is 7.76. The fourth-order valence-electron chi connectivity index (χ4n) is 3.02. The van der Waals surface area contributed by atoms with Gasteiger partial charge >= 0.3 is 0 Å². The number of amides is 1. The van der Waals surface area contributed by atoms with Gasteiger partial charge in [0.1, 0.15) is 6.61 Å². The predicted octanol–water partition coefficient (Wildman–Crippen LogP) is 5.15. The van der Waals surface area contributed by atoms with E-state index in [1.54, 1.807) is 35.2 Å². The summed E-state index contributed by atoms with van der Waals surface area (Å²) in [5, 5.41) is 11.8. The fourth-order valence-corrected chi connectivity index (χ4v) is 4.40. The number of methoxy groups -OCH3 is 1. The number of amidine groups is 1. The largest absolute Gasteiger partial charge is 0.493 e. The lowest BCUT2D eigenvalue weighted by atomic mass is 10.1. The standard InChI is InChI=1S/C22H22ClN3O5S/c1-4-24-22-25(5-2)21(27)19(32-22)12-15-10-17(23)20(18(11-15)30-3)31-13-14-6-8-16(9-7-14)26(28)29/h6-12H,4-5,13H2,1-3H3/b19-12+,24-22?. The zero-order chi connectivity index (χ0) is 23.3. The second-order valence-electron chi connectivity index (χ2n) is 6.66. The summed E-state index contributed by atoms with van der Waals surface area (Å²) in [6, 6.07) is 9.51. The van der Waals surface area contributed by atoms with Crippen LogP contribution >= 0.6 is 23.4 Å². The van der Waals surface area contributed by atoms with Crippen LogP contribution in [0.5, 0.6) is 11.5 Å². The van der Waals surface area contributed by atoms with Crippen LogP contribution in [-0.4, -0.2) is 41.1 Å². The second kappa shape index (κ2) is 10.5. The molecule has 3 rings (SSSR count). The van der Waals surface area contributed by atoms with E-state index >= 15 is 0 Å². The van der Waals surface area contributed by atoms with Crippen LogP contribution < -0.4 is 9.47 Å². The molecule has 0 aliphatic carbocycles. The number of carbonyl (C=O) groups excluding carboxylic acids is 1. The molecule has 1 saturated heterocycles. The predicted molar refractivity (Wildman–Crippen MR) is 126 cm³/mol. The summed E-state index contributed by atoms with van der Waals surface area (Å²) in [5.41, 5.74) is 1.45.